The number of amides is 1. The molecule has 1 amide bonds. The molecule has 2 fully saturated rings. The molecule has 0 aromatic heterocycles. The van der Waals surface area contributed by atoms with Gasteiger partial charge in [-0.1, -0.05) is 12.8 Å². The van der Waals surface area contributed by atoms with Crippen molar-refractivity contribution in [2.75, 3.05) is 13.6 Å². The Labute approximate surface area is 91.1 Å². The second kappa shape index (κ2) is 3.84. The van der Waals surface area contributed by atoms with Crippen LogP contribution < -0.4 is 0 Å². The van der Waals surface area contributed by atoms with Gasteiger partial charge in [-0.3, -0.25) is 4.79 Å². The lowest BCUT2D eigenvalue weighted by atomic mass is 9.86. The van der Waals surface area contributed by atoms with Crippen molar-refractivity contribution >= 4 is 5.91 Å². The first-order chi connectivity index (χ1) is 7.18. The predicted octanol–water partition coefficient (Wildman–Crippen LogP) is 1.94. The van der Waals surface area contributed by atoms with Gasteiger partial charge in [-0.15, -0.1) is 0 Å². The third-order valence-electron chi connectivity index (χ3n) is 3.66. The summed E-state index contributed by atoms with van der Waals surface area (Å²) in [6.45, 7) is 0.849. The van der Waals surface area contributed by atoms with Gasteiger partial charge in [-0.25, -0.2) is 0 Å². The molecule has 3 heteroatoms. The highest BCUT2D eigenvalue weighted by atomic mass is 16.2. The highest BCUT2D eigenvalue weighted by Gasteiger charge is 2.43. The van der Waals surface area contributed by atoms with Crippen LogP contribution in [0, 0.1) is 22.7 Å². The van der Waals surface area contributed by atoms with Gasteiger partial charge < -0.3 is 4.90 Å². The van der Waals surface area contributed by atoms with Gasteiger partial charge in [0.15, 0.2) is 0 Å². The maximum Gasteiger partial charge on any atom is 0.242 e. The zero-order chi connectivity index (χ0) is 10.9. The van der Waals surface area contributed by atoms with Gasteiger partial charge in [0, 0.05) is 13.6 Å². The maximum absolute atomic E-state index is 12.2. The molecule has 82 valence electrons. The molecule has 0 spiro atoms. The van der Waals surface area contributed by atoms with E-state index in [4.69, 9.17) is 0 Å². The van der Waals surface area contributed by atoms with Gasteiger partial charge in [-0.2, -0.15) is 5.26 Å². The fourth-order valence-electron chi connectivity index (χ4n) is 2.49. The fraction of sp³-hybridized carbons (Fsp3) is 0.833. The lowest BCUT2D eigenvalue weighted by Crippen LogP contribution is -2.40. The molecule has 0 atom stereocenters. The number of rotatable bonds is 3. The molecule has 15 heavy (non-hydrogen) atoms. The van der Waals surface area contributed by atoms with Crippen molar-refractivity contribution in [3.63, 3.8) is 0 Å². The van der Waals surface area contributed by atoms with Crippen molar-refractivity contribution in [3.8, 4) is 6.07 Å². The van der Waals surface area contributed by atoms with Gasteiger partial charge in [0.1, 0.15) is 5.41 Å². The SMILES string of the molecule is CN(CC1CC1)C(=O)C1(C#N)CCCC1. The van der Waals surface area contributed by atoms with E-state index in [2.05, 4.69) is 6.07 Å². The molecule has 0 aromatic rings. The molecule has 0 saturated heterocycles. The third-order valence-corrected chi connectivity index (χ3v) is 3.66. The van der Waals surface area contributed by atoms with E-state index >= 15 is 0 Å². The van der Waals surface area contributed by atoms with Crippen LogP contribution in [0.25, 0.3) is 0 Å². The number of hydrogen-bond acceptors (Lipinski definition) is 2. The molecule has 2 aliphatic carbocycles. The number of nitriles is 1. The minimum absolute atomic E-state index is 0.0643. The van der Waals surface area contributed by atoms with Crippen LogP contribution in [-0.4, -0.2) is 24.4 Å². The van der Waals surface area contributed by atoms with Crippen LogP contribution in [-0.2, 0) is 4.79 Å². The van der Waals surface area contributed by atoms with Crippen molar-refractivity contribution in [2.24, 2.45) is 11.3 Å². The summed E-state index contributed by atoms with van der Waals surface area (Å²) in [5.74, 6) is 0.769. The molecular formula is C12H18N2O. The van der Waals surface area contributed by atoms with Gasteiger partial charge >= 0.3 is 0 Å². The standard InChI is InChI=1S/C12H18N2O/c1-14(8-10-4-5-10)11(15)12(9-13)6-2-3-7-12/h10H,2-8H2,1H3. The first-order valence-electron chi connectivity index (χ1n) is 5.85. The normalized spacial score (nSPS) is 23.5. The molecule has 0 N–H and O–H groups in total. The van der Waals surface area contributed by atoms with Gasteiger partial charge in [0.05, 0.1) is 6.07 Å². The first-order valence-corrected chi connectivity index (χ1v) is 5.85. The predicted molar refractivity (Wildman–Crippen MR) is 56.9 cm³/mol. The Morgan fingerprint density at radius 3 is 2.53 bits per heavy atom. The zero-order valence-electron chi connectivity index (χ0n) is 9.33. The minimum Gasteiger partial charge on any atom is -0.344 e. The summed E-state index contributed by atoms with van der Waals surface area (Å²) in [4.78, 5) is 13.9. The van der Waals surface area contributed by atoms with Gasteiger partial charge in [0.25, 0.3) is 0 Å². The number of carbonyl (C=O) groups is 1. The maximum atomic E-state index is 12.2. The molecule has 0 bridgehead atoms. The second-order valence-corrected chi connectivity index (χ2v) is 5.03. The Kier molecular flexibility index (Phi) is 2.68. The Morgan fingerprint density at radius 2 is 2.07 bits per heavy atom. The number of hydrogen-bond donors (Lipinski definition) is 0. The van der Waals surface area contributed by atoms with Crippen LogP contribution in [0.3, 0.4) is 0 Å². The van der Waals surface area contributed by atoms with Crippen LogP contribution in [0.1, 0.15) is 38.5 Å². The van der Waals surface area contributed by atoms with Crippen LogP contribution in [0.2, 0.25) is 0 Å². The molecule has 3 nitrogen and oxygen atoms in total. The quantitative estimate of drug-likeness (QED) is 0.708. The lowest BCUT2D eigenvalue weighted by Gasteiger charge is -2.26. The molecule has 0 radical (unpaired) electrons. The van der Waals surface area contributed by atoms with Crippen molar-refractivity contribution in [1.29, 1.82) is 5.26 Å². The van der Waals surface area contributed by atoms with E-state index in [-0.39, 0.29) is 5.91 Å². The van der Waals surface area contributed by atoms with Crippen LogP contribution in [0.15, 0.2) is 0 Å². The molecule has 2 rings (SSSR count). The third kappa shape index (κ3) is 1.99. The van der Waals surface area contributed by atoms with E-state index in [9.17, 15) is 10.1 Å². The summed E-state index contributed by atoms with van der Waals surface area (Å²) >= 11 is 0. The molecule has 2 aliphatic rings. The van der Waals surface area contributed by atoms with Crippen LogP contribution in [0.4, 0.5) is 0 Å². The van der Waals surface area contributed by atoms with Gasteiger partial charge in [-0.05, 0) is 31.6 Å². The van der Waals surface area contributed by atoms with Crippen molar-refractivity contribution in [3.05, 3.63) is 0 Å². The monoisotopic (exact) mass is 206 g/mol. The topological polar surface area (TPSA) is 44.1 Å². The van der Waals surface area contributed by atoms with Crippen molar-refractivity contribution in [2.45, 2.75) is 38.5 Å². The van der Waals surface area contributed by atoms with E-state index in [1.54, 1.807) is 4.90 Å². The summed E-state index contributed by atoms with van der Waals surface area (Å²) in [5.41, 5.74) is -0.677. The van der Waals surface area contributed by atoms with Crippen LogP contribution in [0.5, 0.6) is 0 Å². The largest absolute Gasteiger partial charge is 0.344 e. The summed E-state index contributed by atoms with van der Waals surface area (Å²) < 4.78 is 0. The number of nitrogens with zero attached hydrogens (tertiary/aromatic N) is 2. The minimum atomic E-state index is -0.677. The first kappa shape index (κ1) is 10.5. The van der Waals surface area contributed by atoms with E-state index in [0.29, 0.717) is 5.92 Å². The Bertz CT molecular complexity index is 295. The smallest absolute Gasteiger partial charge is 0.242 e. The highest BCUT2D eigenvalue weighted by molar-refractivity contribution is 5.85. The summed E-state index contributed by atoms with van der Waals surface area (Å²) in [5, 5.41) is 9.19. The fourth-order valence-corrected chi connectivity index (χ4v) is 2.49. The zero-order valence-corrected chi connectivity index (χ0v) is 9.33. The molecule has 0 aromatic carbocycles. The molecule has 0 heterocycles. The van der Waals surface area contributed by atoms with Gasteiger partial charge in [0.2, 0.25) is 5.91 Å². The van der Waals surface area contributed by atoms with E-state index in [1.807, 2.05) is 7.05 Å². The van der Waals surface area contributed by atoms with Crippen molar-refractivity contribution in [1.82, 2.24) is 4.90 Å². The highest BCUT2D eigenvalue weighted by Crippen LogP contribution is 2.39. The Balaban J connectivity index is 2.00. The number of carbonyl (C=O) groups excluding carboxylic acids is 1. The summed E-state index contributed by atoms with van der Waals surface area (Å²) in [7, 11) is 1.85. The van der Waals surface area contributed by atoms with Crippen molar-refractivity contribution < 1.29 is 4.79 Å². The summed E-state index contributed by atoms with van der Waals surface area (Å²) in [6, 6.07) is 2.26. The summed E-state index contributed by atoms with van der Waals surface area (Å²) in [6.07, 6.45) is 6.07. The molecule has 0 unspecified atom stereocenters. The molecule has 2 saturated carbocycles. The average molecular weight is 206 g/mol. The average Bonchev–Trinajstić information content (AvgIpc) is 2.92. The second-order valence-electron chi connectivity index (χ2n) is 5.03. The Morgan fingerprint density at radius 1 is 1.47 bits per heavy atom. The van der Waals surface area contributed by atoms with Crippen LogP contribution >= 0.6 is 0 Å². The van der Waals surface area contributed by atoms with E-state index < -0.39 is 5.41 Å². The molecule has 0 aliphatic heterocycles. The lowest BCUT2D eigenvalue weighted by molar-refractivity contribution is -0.137. The molecular weight excluding hydrogens is 188 g/mol. The van der Waals surface area contributed by atoms with E-state index in [1.165, 1.54) is 12.8 Å². The van der Waals surface area contributed by atoms with E-state index in [0.717, 1.165) is 32.2 Å². The Hall–Kier alpha value is -1.04.